The first-order chi connectivity index (χ1) is 8.97. The molecule has 0 bridgehead atoms. The van der Waals surface area contributed by atoms with Crippen molar-refractivity contribution in [2.45, 2.75) is 26.6 Å². The Balaban J connectivity index is 2.12. The third-order valence-electron chi connectivity index (χ3n) is 3.23. The predicted octanol–water partition coefficient (Wildman–Crippen LogP) is 1.69. The van der Waals surface area contributed by atoms with Crippen LogP contribution in [-0.2, 0) is 20.1 Å². The quantitative estimate of drug-likeness (QED) is 0.901. The van der Waals surface area contributed by atoms with E-state index < -0.39 is 6.55 Å². The highest BCUT2D eigenvalue weighted by Crippen LogP contribution is 2.29. The van der Waals surface area contributed by atoms with E-state index in [1.54, 1.807) is 24.6 Å². The number of imidazole rings is 1. The zero-order valence-electron chi connectivity index (χ0n) is 10.5. The van der Waals surface area contributed by atoms with Crippen LogP contribution in [0.1, 0.15) is 23.6 Å². The molecular weight excluding hydrogens is 256 g/mol. The molecule has 3 rings (SSSR count). The van der Waals surface area contributed by atoms with Crippen molar-refractivity contribution in [1.29, 1.82) is 0 Å². The average molecular weight is 269 g/mol. The van der Waals surface area contributed by atoms with Gasteiger partial charge >= 0.3 is 6.55 Å². The Morgan fingerprint density at radius 1 is 1.37 bits per heavy atom. The Kier molecular flexibility index (Phi) is 2.64. The molecule has 0 aliphatic carbocycles. The Bertz CT molecular complexity index is 633. The summed E-state index contributed by atoms with van der Waals surface area (Å²) in [5.41, 5.74) is 2.34. The fourth-order valence-electron chi connectivity index (χ4n) is 2.38. The molecule has 1 aliphatic rings. The van der Waals surface area contributed by atoms with Crippen molar-refractivity contribution in [3.63, 3.8) is 0 Å². The van der Waals surface area contributed by atoms with Crippen molar-refractivity contribution in [3.05, 3.63) is 23.1 Å². The summed E-state index contributed by atoms with van der Waals surface area (Å²) in [4.78, 5) is 4.33. The van der Waals surface area contributed by atoms with E-state index in [1.807, 2.05) is 0 Å². The predicted molar refractivity (Wildman–Crippen MR) is 61.5 cm³/mol. The molecule has 2 aromatic heterocycles. The van der Waals surface area contributed by atoms with E-state index in [0.29, 0.717) is 35.0 Å². The number of hydrogen-bond acceptors (Lipinski definition) is 4. The lowest BCUT2D eigenvalue weighted by Crippen LogP contribution is -2.13. The summed E-state index contributed by atoms with van der Waals surface area (Å²) in [6.45, 7) is -0.385. The van der Waals surface area contributed by atoms with Crippen LogP contribution in [0.5, 0.6) is 0 Å². The van der Waals surface area contributed by atoms with E-state index in [2.05, 4.69) is 10.1 Å². The van der Waals surface area contributed by atoms with Gasteiger partial charge < -0.3 is 9.77 Å². The molecule has 2 aromatic rings. The molecule has 102 valence electrons. The molecular formula is C11H13F2N5O. The maximum Gasteiger partial charge on any atom is 0.333 e. The molecule has 0 saturated carbocycles. The summed E-state index contributed by atoms with van der Waals surface area (Å²) < 4.78 is 28.3. The Hall–Kier alpha value is -1.80. The first kappa shape index (κ1) is 12.2. The fourth-order valence-corrected chi connectivity index (χ4v) is 2.38. The minimum Gasteiger partial charge on any atom is -0.328 e. The molecule has 0 unspecified atom stereocenters. The molecule has 0 atom stereocenters. The summed E-state index contributed by atoms with van der Waals surface area (Å²) in [7, 11) is 1.75. The molecule has 1 N–H and O–H groups in total. The molecule has 1 aliphatic heterocycles. The monoisotopic (exact) mass is 269 g/mol. The van der Waals surface area contributed by atoms with E-state index in [1.165, 1.54) is 0 Å². The van der Waals surface area contributed by atoms with Gasteiger partial charge in [0.25, 0.3) is 0 Å². The average Bonchev–Trinajstić information content (AvgIpc) is 2.94. The molecule has 0 amide bonds. The standard InChI is InChI=1S/C11H13F2N5O/c1-6-3-8(18(15-6)11(12)13)10-14-7-4-17(19)5-9(7)16(10)2/h3,11,19H,4-5H2,1-2H3. The minimum atomic E-state index is -2.70. The van der Waals surface area contributed by atoms with Crippen molar-refractivity contribution in [2.24, 2.45) is 7.05 Å². The van der Waals surface area contributed by atoms with Crippen molar-refractivity contribution in [3.8, 4) is 11.5 Å². The van der Waals surface area contributed by atoms with Gasteiger partial charge in [0.15, 0.2) is 5.82 Å². The lowest BCUT2D eigenvalue weighted by atomic mass is 10.3. The van der Waals surface area contributed by atoms with Gasteiger partial charge in [-0.15, -0.1) is 0 Å². The van der Waals surface area contributed by atoms with Gasteiger partial charge in [-0.25, -0.2) is 9.67 Å². The maximum absolute atomic E-state index is 12.9. The van der Waals surface area contributed by atoms with Gasteiger partial charge in [0.2, 0.25) is 0 Å². The number of halogens is 2. The summed E-state index contributed by atoms with van der Waals surface area (Å²) in [6.07, 6.45) is 0. The van der Waals surface area contributed by atoms with Gasteiger partial charge in [0.05, 0.1) is 30.2 Å². The van der Waals surface area contributed by atoms with Crippen molar-refractivity contribution in [2.75, 3.05) is 0 Å². The van der Waals surface area contributed by atoms with E-state index in [9.17, 15) is 14.0 Å². The van der Waals surface area contributed by atoms with Gasteiger partial charge in [-0.3, -0.25) is 0 Å². The van der Waals surface area contributed by atoms with Crippen LogP contribution < -0.4 is 0 Å². The Morgan fingerprint density at radius 2 is 2.11 bits per heavy atom. The van der Waals surface area contributed by atoms with Crippen molar-refractivity contribution in [1.82, 2.24) is 24.4 Å². The van der Waals surface area contributed by atoms with Crippen LogP contribution in [0.15, 0.2) is 6.07 Å². The highest BCUT2D eigenvalue weighted by atomic mass is 19.3. The van der Waals surface area contributed by atoms with Crippen LogP contribution >= 0.6 is 0 Å². The normalized spacial score (nSPS) is 15.5. The van der Waals surface area contributed by atoms with Crippen LogP contribution in [-0.4, -0.2) is 29.6 Å². The lowest BCUT2D eigenvalue weighted by Gasteiger charge is -2.09. The van der Waals surface area contributed by atoms with Gasteiger partial charge in [0.1, 0.15) is 5.69 Å². The number of aromatic nitrogens is 4. The van der Waals surface area contributed by atoms with Gasteiger partial charge in [-0.1, -0.05) is 0 Å². The Morgan fingerprint density at radius 3 is 2.74 bits per heavy atom. The first-order valence-electron chi connectivity index (χ1n) is 5.80. The first-order valence-corrected chi connectivity index (χ1v) is 5.80. The van der Waals surface area contributed by atoms with E-state index in [0.717, 1.165) is 10.8 Å². The van der Waals surface area contributed by atoms with Gasteiger partial charge in [-0.2, -0.15) is 18.9 Å². The molecule has 0 radical (unpaired) electrons. The third-order valence-corrected chi connectivity index (χ3v) is 3.23. The van der Waals surface area contributed by atoms with Crippen LogP contribution in [0.2, 0.25) is 0 Å². The second-order valence-corrected chi connectivity index (χ2v) is 4.60. The fraction of sp³-hybridized carbons (Fsp3) is 0.455. The van der Waals surface area contributed by atoms with Crippen molar-refractivity contribution < 1.29 is 14.0 Å². The number of rotatable bonds is 2. The second kappa shape index (κ2) is 4.10. The molecule has 19 heavy (non-hydrogen) atoms. The third kappa shape index (κ3) is 1.83. The zero-order chi connectivity index (χ0) is 13.7. The molecule has 6 nitrogen and oxygen atoms in total. The molecule has 0 spiro atoms. The summed E-state index contributed by atoms with van der Waals surface area (Å²) in [5.74, 6) is 0.444. The van der Waals surface area contributed by atoms with E-state index in [4.69, 9.17) is 0 Å². The van der Waals surface area contributed by atoms with Crippen LogP contribution in [0.3, 0.4) is 0 Å². The van der Waals surface area contributed by atoms with Crippen LogP contribution in [0.25, 0.3) is 11.5 Å². The number of hydrogen-bond donors (Lipinski definition) is 1. The molecule has 0 aromatic carbocycles. The van der Waals surface area contributed by atoms with Gasteiger partial charge in [-0.05, 0) is 13.0 Å². The van der Waals surface area contributed by atoms with E-state index >= 15 is 0 Å². The number of hydroxylamine groups is 2. The molecule has 8 heteroatoms. The molecule has 0 saturated heterocycles. The summed E-state index contributed by atoms with van der Waals surface area (Å²) in [5, 5.41) is 14.3. The zero-order valence-corrected chi connectivity index (χ0v) is 10.5. The Labute approximate surface area is 107 Å². The number of nitrogens with zero attached hydrogens (tertiary/aromatic N) is 5. The number of aryl methyl sites for hydroxylation is 1. The lowest BCUT2D eigenvalue weighted by molar-refractivity contribution is -0.0984. The number of alkyl halides is 2. The largest absolute Gasteiger partial charge is 0.333 e. The van der Waals surface area contributed by atoms with Gasteiger partial charge in [0, 0.05) is 7.05 Å². The second-order valence-electron chi connectivity index (χ2n) is 4.60. The minimum absolute atomic E-state index is 0.286. The topological polar surface area (TPSA) is 59.1 Å². The van der Waals surface area contributed by atoms with Crippen molar-refractivity contribution >= 4 is 0 Å². The van der Waals surface area contributed by atoms with Crippen LogP contribution in [0, 0.1) is 6.92 Å². The maximum atomic E-state index is 12.9. The van der Waals surface area contributed by atoms with Crippen LogP contribution in [0.4, 0.5) is 8.78 Å². The van der Waals surface area contributed by atoms with E-state index in [-0.39, 0.29) is 5.69 Å². The summed E-state index contributed by atoms with van der Waals surface area (Å²) >= 11 is 0. The highest BCUT2D eigenvalue weighted by molar-refractivity contribution is 5.53. The molecule has 0 fully saturated rings. The smallest absolute Gasteiger partial charge is 0.328 e. The summed E-state index contributed by atoms with van der Waals surface area (Å²) in [6, 6.07) is 1.58. The molecule has 3 heterocycles. The highest BCUT2D eigenvalue weighted by Gasteiger charge is 2.27. The SMILES string of the molecule is Cc1cc(-c2nc3c(n2C)CN(O)C3)n(C(F)F)n1. The number of fused-ring (bicyclic) bond motifs is 1.